The van der Waals surface area contributed by atoms with Gasteiger partial charge in [0, 0.05) is 13.0 Å². The molecule has 0 aromatic heterocycles. The summed E-state index contributed by atoms with van der Waals surface area (Å²) in [7, 11) is 0. The summed E-state index contributed by atoms with van der Waals surface area (Å²) in [5.41, 5.74) is 1.37. The van der Waals surface area contributed by atoms with Crippen LogP contribution in [0.5, 0.6) is 0 Å². The Morgan fingerprint density at radius 3 is 2.64 bits per heavy atom. The number of amides is 1. The zero-order chi connectivity index (χ0) is 27.4. The van der Waals surface area contributed by atoms with Gasteiger partial charge in [-0.3, -0.25) is 4.79 Å². The normalized spacial score (nSPS) is 44.7. The molecule has 11 atom stereocenters. The Kier molecular flexibility index (Phi) is 7.65. The van der Waals surface area contributed by atoms with Gasteiger partial charge in [0.1, 0.15) is 6.10 Å². The first kappa shape index (κ1) is 27.7. The minimum atomic E-state index is -0.261. The molecule has 0 unspecified atom stereocenters. The quantitative estimate of drug-likeness (QED) is 0.484. The molecule has 4 saturated carbocycles. The van der Waals surface area contributed by atoms with Crippen molar-refractivity contribution < 1.29 is 19.7 Å². The summed E-state index contributed by atoms with van der Waals surface area (Å²) in [6.07, 6.45) is 9.92. The lowest BCUT2D eigenvalue weighted by Gasteiger charge is -2.62. The van der Waals surface area contributed by atoms with Crippen molar-refractivity contribution >= 4 is 5.91 Å². The molecular weight excluding hydrogens is 486 g/mol. The summed E-state index contributed by atoms with van der Waals surface area (Å²) in [5, 5.41) is 22.2. The van der Waals surface area contributed by atoms with E-state index in [1.165, 1.54) is 25.7 Å². The number of carbonyl (C=O) groups is 1. The van der Waals surface area contributed by atoms with Crippen molar-refractivity contribution in [2.75, 3.05) is 19.7 Å². The van der Waals surface area contributed by atoms with Gasteiger partial charge in [-0.05, 0) is 110 Å². The zero-order valence-electron chi connectivity index (χ0n) is 24.4. The number of morpholine rings is 1. The third-order valence-electron chi connectivity index (χ3n) is 12.9. The van der Waals surface area contributed by atoms with Gasteiger partial charge in [-0.25, -0.2) is 0 Å². The molecule has 1 aromatic carbocycles. The maximum absolute atomic E-state index is 13.3. The van der Waals surface area contributed by atoms with Crippen LogP contribution in [0.25, 0.3) is 0 Å². The first-order valence-electron chi connectivity index (χ1n) is 16.0. The van der Waals surface area contributed by atoms with E-state index in [0.29, 0.717) is 61.6 Å². The highest BCUT2D eigenvalue weighted by molar-refractivity contribution is 5.76. The van der Waals surface area contributed by atoms with Gasteiger partial charge in [-0.15, -0.1) is 0 Å². The van der Waals surface area contributed by atoms with Crippen molar-refractivity contribution in [2.45, 2.75) is 103 Å². The van der Waals surface area contributed by atoms with Crippen LogP contribution in [0.4, 0.5) is 0 Å². The van der Waals surface area contributed by atoms with Gasteiger partial charge in [0.15, 0.2) is 0 Å². The summed E-state index contributed by atoms with van der Waals surface area (Å²) in [5.74, 6) is 3.65. The third-order valence-corrected chi connectivity index (χ3v) is 12.9. The van der Waals surface area contributed by atoms with Crippen LogP contribution < -0.4 is 0 Å². The van der Waals surface area contributed by atoms with Crippen molar-refractivity contribution in [3.8, 4) is 0 Å². The largest absolute Gasteiger partial charge is 0.393 e. The molecule has 39 heavy (non-hydrogen) atoms. The summed E-state index contributed by atoms with van der Waals surface area (Å²) < 4.78 is 5.99. The SMILES string of the molecule is C[C@H](CCC(=O)N1CCO[C@@H](c2ccccc2)C1)[C@@H]1CC[C@@H]2[C@@H]3CC[C@H]4C[C@H](O)CC[C@]4(C)[C@@H]3C[C@H](O)[C@@]21C. The lowest BCUT2D eigenvalue weighted by Crippen LogP contribution is -2.58. The first-order valence-corrected chi connectivity index (χ1v) is 16.0. The van der Waals surface area contributed by atoms with Gasteiger partial charge < -0.3 is 19.8 Å². The number of benzene rings is 1. The van der Waals surface area contributed by atoms with Crippen LogP contribution >= 0.6 is 0 Å². The lowest BCUT2D eigenvalue weighted by molar-refractivity contribution is -0.175. The van der Waals surface area contributed by atoms with E-state index in [9.17, 15) is 15.0 Å². The number of hydrogen-bond acceptors (Lipinski definition) is 4. The maximum Gasteiger partial charge on any atom is 0.222 e. The van der Waals surface area contributed by atoms with E-state index in [2.05, 4.69) is 32.9 Å². The molecule has 5 aliphatic rings. The van der Waals surface area contributed by atoms with Gasteiger partial charge in [-0.1, -0.05) is 51.1 Å². The van der Waals surface area contributed by atoms with Crippen molar-refractivity contribution in [1.82, 2.24) is 4.90 Å². The van der Waals surface area contributed by atoms with Crippen LogP contribution in [0.2, 0.25) is 0 Å². The average molecular weight is 538 g/mol. The van der Waals surface area contributed by atoms with E-state index < -0.39 is 0 Å². The molecule has 1 aromatic rings. The number of fused-ring (bicyclic) bond motifs is 5. The third kappa shape index (κ3) is 4.78. The van der Waals surface area contributed by atoms with Crippen molar-refractivity contribution in [2.24, 2.45) is 46.3 Å². The Hall–Kier alpha value is -1.43. The van der Waals surface area contributed by atoms with E-state index in [-0.39, 0.29) is 35.0 Å². The van der Waals surface area contributed by atoms with Crippen molar-refractivity contribution in [3.63, 3.8) is 0 Å². The highest BCUT2D eigenvalue weighted by Gasteiger charge is 2.63. The Balaban J connectivity index is 1.09. The minimum Gasteiger partial charge on any atom is -0.393 e. The predicted octanol–water partition coefficient (Wildman–Crippen LogP) is 5.99. The fourth-order valence-corrected chi connectivity index (χ4v) is 10.6. The molecule has 0 radical (unpaired) electrons. The van der Waals surface area contributed by atoms with Gasteiger partial charge in [-0.2, -0.15) is 0 Å². The molecule has 1 amide bonds. The summed E-state index contributed by atoms with van der Waals surface area (Å²) in [4.78, 5) is 15.3. The topological polar surface area (TPSA) is 70.0 Å². The van der Waals surface area contributed by atoms with Gasteiger partial charge in [0.25, 0.3) is 0 Å². The van der Waals surface area contributed by atoms with Gasteiger partial charge in [0.05, 0.1) is 25.4 Å². The average Bonchev–Trinajstić information content (AvgIpc) is 3.32. The molecule has 0 bridgehead atoms. The molecule has 216 valence electrons. The number of carbonyl (C=O) groups excluding carboxylic acids is 1. The summed E-state index contributed by atoms with van der Waals surface area (Å²) in [6.45, 7) is 9.15. The first-order chi connectivity index (χ1) is 18.7. The van der Waals surface area contributed by atoms with Crippen molar-refractivity contribution in [1.29, 1.82) is 0 Å². The number of rotatable bonds is 5. The van der Waals surface area contributed by atoms with E-state index >= 15 is 0 Å². The molecule has 4 aliphatic carbocycles. The number of aliphatic hydroxyl groups excluding tert-OH is 2. The Morgan fingerprint density at radius 1 is 1.05 bits per heavy atom. The molecule has 6 rings (SSSR count). The molecule has 5 heteroatoms. The molecule has 1 saturated heterocycles. The Bertz CT molecular complexity index is 1020. The standard InChI is InChI=1S/C34H51NO4/c1-22(9-14-32(38)35-17-18-39-30(21-35)23-7-5-4-6-8-23)27-12-13-28-26-11-10-24-19-25(36)15-16-33(24,2)29(26)20-31(37)34(27,28)3/h4-8,22,24-31,36-37H,9-21H2,1-3H3/t22-,24+,25-,26+,27+,28-,29-,30-,31+,33+,34-/m1/s1. The number of aliphatic hydroxyl groups is 2. The molecule has 5 fully saturated rings. The molecule has 1 aliphatic heterocycles. The van der Waals surface area contributed by atoms with Crippen molar-refractivity contribution in [3.05, 3.63) is 35.9 Å². The molecular formula is C34H51NO4. The summed E-state index contributed by atoms with van der Waals surface area (Å²) >= 11 is 0. The molecule has 5 nitrogen and oxygen atoms in total. The maximum atomic E-state index is 13.3. The van der Waals surface area contributed by atoms with Crippen LogP contribution in [0.3, 0.4) is 0 Å². The smallest absolute Gasteiger partial charge is 0.222 e. The van der Waals surface area contributed by atoms with Crippen LogP contribution in [-0.4, -0.2) is 52.9 Å². The number of ether oxygens (including phenoxy) is 1. The summed E-state index contributed by atoms with van der Waals surface area (Å²) in [6, 6.07) is 10.2. The van der Waals surface area contributed by atoms with E-state index in [1.54, 1.807) is 0 Å². The highest BCUT2D eigenvalue weighted by Crippen LogP contribution is 2.68. The van der Waals surface area contributed by atoms with Crippen LogP contribution in [0, 0.1) is 46.3 Å². The Labute approximate surface area is 235 Å². The van der Waals surface area contributed by atoms with Crippen LogP contribution in [0.15, 0.2) is 30.3 Å². The van der Waals surface area contributed by atoms with Crippen LogP contribution in [-0.2, 0) is 9.53 Å². The number of hydrogen-bond donors (Lipinski definition) is 2. The zero-order valence-corrected chi connectivity index (χ0v) is 24.4. The highest BCUT2D eigenvalue weighted by atomic mass is 16.5. The fraction of sp³-hybridized carbons (Fsp3) is 0.794. The van der Waals surface area contributed by atoms with Crippen LogP contribution in [0.1, 0.15) is 96.6 Å². The number of nitrogens with zero attached hydrogens (tertiary/aromatic N) is 1. The second-order valence-corrected chi connectivity index (χ2v) is 14.5. The van der Waals surface area contributed by atoms with Gasteiger partial charge >= 0.3 is 0 Å². The monoisotopic (exact) mass is 537 g/mol. The predicted molar refractivity (Wildman–Crippen MR) is 153 cm³/mol. The molecule has 0 spiro atoms. The molecule has 1 heterocycles. The lowest BCUT2D eigenvalue weighted by atomic mass is 9.43. The Morgan fingerprint density at radius 2 is 1.85 bits per heavy atom. The van der Waals surface area contributed by atoms with E-state index in [4.69, 9.17) is 4.74 Å². The fourth-order valence-electron chi connectivity index (χ4n) is 10.6. The minimum absolute atomic E-state index is 0.0365. The van der Waals surface area contributed by atoms with E-state index in [1.807, 2.05) is 23.1 Å². The molecule has 2 N–H and O–H groups in total. The van der Waals surface area contributed by atoms with Gasteiger partial charge in [0.2, 0.25) is 5.91 Å². The second-order valence-electron chi connectivity index (χ2n) is 14.5. The van der Waals surface area contributed by atoms with E-state index in [0.717, 1.165) is 37.7 Å². The second kappa shape index (κ2) is 10.8.